The van der Waals surface area contributed by atoms with Gasteiger partial charge in [-0.15, -0.1) is 0 Å². The monoisotopic (exact) mass is 309 g/mol. The molecule has 0 unspecified atom stereocenters. The molecule has 0 amide bonds. The number of rotatable bonds is 8. The Morgan fingerprint density at radius 3 is 1.85 bits per heavy atom. The molecule has 0 saturated carbocycles. The van der Waals surface area contributed by atoms with Gasteiger partial charge in [0.25, 0.3) is 0 Å². The van der Waals surface area contributed by atoms with Crippen LogP contribution < -0.4 is 5.32 Å². The third-order valence-corrected chi connectivity index (χ3v) is 2.37. The first-order valence-electron chi connectivity index (χ1n) is 7.10. The second kappa shape index (κ2) is 13.9. The summed E-state index contributed by atoms with van der Waals surface area (Å²) in [7, 11) is 1.95. The number of thiol groups is 1. The molecule has 0 aliphatic carbocycles. The molecule has 0 atom stereocenters. The number of ether oxygens (including phenoxy) is 1. The number of carbonyl (C=O) groups is 1. The van der Waals surface area contributed by atoms with Crippen LogP contribution in [0.25, 0.3) is 0 Å². The van der Waals surface area contributed by atoms with Gasteiger partial charge in [-0.05, 0) is 32.3 Å². The van der Waals surface area contributed by atoms with Gasteiger partial charge in [0.05, 0.1) is 13.2 Å². The first-order valence-corrected chi connectivity index (χ1v) is 7.50. The third-order valence-electron chi connectivity index (χ3n) is 2.37. The lowest BCUT2D eigenvalue weighted by atomic mass is 9.88. The number of hydrogen-bond acceptors (Lipinski definition) is 5. The third kappa shape index (κ3) is 17.9. The van der Waals surface area contributed by atoms with Gasteiger partial charge in [0.2, 0.25) is 0 Å². The molecule has 0 aromatic rings. The van der Waals surface area contributed by atoms with Gasteiger partial charge < -0.3 is 19.4 Å². The van der Waals surface area contributed by atoms with Crippen LogP contribution in [0.15, 0.2) is 0 Å². The first-order chi connectivity index (χ1) is 9.18. The van der Waals surface area contributed by atoms with E-state index in [9.17, 15) is 4.79 Å². The SMILES string of the molecule is CC.CNCC(C)(C)COCC(C)(C)CC(C)=O.OS. The fourth-order valence-corrected chi connectivity index (χ4v) is 1.86. The van der Waals surface area contributed by atoms with Gasteiger partial charge in [0.1, 0.15) is 5.78 Å². The Morgan fingerprint density at radius 1 is 1.10 bits per heavy atom. The summed E-state index contributed by atoms with van der Waals surface area (Å²) in [6.45, 7) is 16.4. The molecular weight excluding hydrogens is 274 g/mol. The van der Waals surface area contributed by atoms with Gasteiger partial charge >= 0.3 is 0 Å². The number of carbonyl (C=O) groups excluding carboxylic acids is 1. The molecule has 0 radical (unpaired) electrons. The van der Waals surface area contributed by atoms with Crippen molar-refractivity contribution in [3.05, 3.63) is 0 Å². The summed E-state index contributed by atoms with van der Waals surface area (Å²) in [6, 6.07) is 0. The van der Waals surface area contributed by atoms with E-state index in [1.54, 1.807) is 6.92 Å². The van der Waals surface area contributed by atoms with E-state index in [0.717, 1.165) is 13.2 Å². The van der Waals surface area contributed by atoms with Crippen molar-refractivity contribution in [3.8, 4) is 0 Å². The predicted molar refractivity (Wildman–Crippen MR) is 90.6 cm³/mol. The van der Waals surface area contributed by atoms with Crippen molar-refractivity contribution in [2.75, 3.05) is 26.8 Å². The smallest absolute Gasteiger partial charge is 0.130 e. The van der Waals surface area contributed by atoms with Crippen LogP contribution in [0.4, 0.5) is 0 Å². The van der Waals surface area contributed by atoms with E-state index in [1.807, 2.05) is 20.9 Å². The van der Waals surface area contributed by atoms with Gasteiger partial charge in [0, 0.05) is 18.4 Å². The zero-order chi connectivity index (χ0) is 16.8. The van der Waals surface area contributed by atoms with E-state index in [4.69, 9.17) is 9.29 Å². The molecule has 124 valence electrons. The lowest BCUT2D eigenvalue weighted by Crippen LogP contribution is -2.33. The second-order valence-electron chi connectivity index (χ2n) is 6.23. The molecule has 0 saturated heterocycles. The highest BCUT2D eigenvalue weighted by molar-refractivity contribution is 7.74. The summed E-state index contributed by atoms with van der Waals surface area (Å²) < 4.78 is 12.4. The highest BCUT2D eigenvalue weighted by Gasteiger charge is 2.23. The van der Waals surface area contributed by atoms with Crippen molar-refractivity contribution in [1.82, 2.24) is 5.32 Å². The van der Waals surface area contributed by atoms with Crippen LogP contribution in [0.3, 0.4) is 0 Å². The van der Waals surface area contributed by atoms with Gasteiger partial charge in [-0.2, -0.15) is 0 Å². The summed E-state index contributed by atoms with van der Waals surface area (Å²) in [5.41, 5.74) is 0.0859. The summed E-state index contributed by atoms with van der Waals surface area (Å²) in [5, 5.41) is 3.15. The average Bonchev–Trinajstić information content (AvgIpc) is 2.31. The molecule has 0 bridgehead atoms. The zero-order valence-corrected chi connectivity index (χ0v) is 15.4. The van der Waals surface area contributed by atoms with E-state index < -0.39 is 0 Å². The van der Waals surface area contributed by atoms with E-state index in [2.05, 4.69) is 45.9 Å². The molecule has 0 rings (SSSR count). The van der Waals surface area contributed by atoms with E-state index in [1.165, 1.54) is 0 Å². The maximum absolute atomic E-state index is 11.1. The molecule has 4 nitrogen and oxygen atoms in total. The summed E-state index contributed by atoms with van der Waals surface area (Å²) >= 11 is 2.53. The van der Waals surface area contributed by atoms with Gasteiger partial charge in [-0.3, -0.25) is 0 Å². The van der Waals surface area contributed by atoms with Crippen LogP contribution in [-0.4, -0.2) is 37.1 Å². The summed E-state index contributed by atoms with van der Waals surface area (Å²) in [5.74, 6) is 0.225. The minimum atomic E-state index is -0.0540. The fraction of sp³-hybridized carbons (Fsp3) is 0.933. The maximum Gasteiger partial charge on any atom is 0.130 e. The molecule has 0 aromatic carbocycles. The van der Waals surface area contributed by atoms with Crippen molar-refractivity contribution in [1.29, 1.82) is 0 Å². The first kappa shape index (κ1) is 24.9. The number of ketones is 1. The molecule has 0 aromatic heterocycles. The zero-order valence-electron chi connectivity index (χ0n) is 14.5. The lowest BCUT2D eigenvalue weighted by molar-refractivity contribution is -0.120. The molecule has 5 heteroatoms. The van der Waals surface area contributed by atoms with Crippen molar-refractivity contribution in [2.24, 2.45) is 10.8 Å². The Hall–Kier alpha value is -0.100. The largest absolute Gasteiger partial charge is 0.380 e. The topological polar surface area (TPSA) is 58.6 Å². The van der Waals surface area contributed by atoms with Crippen LogP contribution in [0.2, 0.25) is 0 Å². The fourth-order valence-electron chi connectivity index (χ4n) is 1.86. The standard InChI is InChI=1S/C13H27NO2.C2H6.H2OS/c1-11(15)7-12(2,3)9-16-10-13(4,5)8-14-6;2*1-2/h14H,7-10H2,1-6H3;1-2H3;1-2H. The number of hydrogen-bond donors (Lipinski definition) is 3. The molecule has 0 aliphatic rings. The van der Waals surface area contributed by atoms with Crippen LogP contribution in [0, 0.1) is 10.8 Å². The van der Waals surface area contributed by atoms with Crippen molar-refractivity contribution < 1.29 is 14.1 Å². The van der Waals surface area contributed by atoms with Crippen molar-refractivity contribution >= 4 is 18.7 Å². The van der Waals surface area contributed by atoms with Crippen LogP contribution in [-0.2, 0) is 9.53 Å². The Labute approximate surface area is 131 Å². The Kier molecular flexibility index (Phi) is 17.3. The van der Waals surface area contributed by atoms with Crippen molar-refractivity contribution in [3.63, 3.8) is 0 Å². The molecular formula is C15H35NO3S. The molecule has 2 N–H and O–H groups in total. The molecule has 0 spiro atoms. The highest BCUT2D eigenvalue weighted by Crippen LogP contribution is 2.22. The molecule has 0 heterocycles. The summed E-state index contributed by atoms with van der Waals surface area (Å²) in [6.07, 6.45) is 0.583. The van der Waals surface area contributed by atoms with Crippen LogP contribution >= 0.6 is 12.9 Å². The average molecular weight is 310 g/mol. The van der Waals surface area contributed by atoms with Crippen LogP contribution in [0.5, 0.6) is 0 Å². The lowest BCUT2D eigenvalue weighted by Gasteiger charge is -2.28. The number of nitrogens with one attached hydrogen (secondary N) is 1. The summed E-state index contributed by atoms with van der Waals surface area (Å²) in [4.78, 5) is 11.1. The van der Waals surface area contributed by atoms with E-state index >= 15 is 0 Å². The minimum Gasteiger partial charge on any atom is -0.380 e. The van der Waals surface area contributed by atoms with Gasteiger partial charge in [0.15, 0.2) is 0 Å². The number of Topliss-reactive ketones (excluding diaryl/α,β-unsaturated/α-hetero) is 1. The normalized spacial score (nSPS) is 10.9. The van der Waals surface area contributed by atoms with Crippen molar-refractivity contribution in [2.45, 2.75) is 54.9 Å². The highest BCUT2D eigenvalue weighted by atomic mass is 32.1. The van der Waals surface area contributed by atoms with Crippen LogP contribution in [0.1, 0.15) is 54.9 Å². The van der Waals surface area contributed by atoms with E-state index in [0.29, 0.717) is 13.0 Å². The Balaban J connectivity index is -0.000000656. The maximum atomic E-state index is 11.1. The van der Waals surface area contributed by atoms with E-state index in [-0.39, 0.29) is 16.6 Å². The Morgan fingerprint density at radius 2 is 1.50 bits per heavy atom. The molecule has 20 heavy (non-hydrogen) atoms. The minimum absolute atomic E-state index is 0.0540. The van der Waals surface area contributed by atoms with Gasteiger partial charge in [-0.1, -0.05) is 41.5 Å². The Bertz CT molecular complexity index is 231. The van der Waals surface area contributed by atoms with Gasteiger partial charge in [-0.25, -0.2) is 0 Å². The molecule has 0 fully saturated rings. The quantitative estimate of drug-likeness (QED) is 0.473. The molecule has 0 aliphatic heterocycles. The predicted octanol–water partition coefficient (Wildman–Crippen LogP) is 3.67. The second-order valence-corrected chi connectivity index (χ2v) is 6.23.